The number of ether oxygens (including phenoxy) is 3. The van der Waals surface area contributed by atoms with Crippen LogP contribution in [0.4, 0.5) is 11.4 Å². The van der Waals surface area contributed by atoms with Crippen LogP contribution in [0.15, 0.2) is 103 Å². The van der Waals surface area contributed by atoms with Gasteiger partial charge in [0.05, 0.1) is 11.1 Å². The van der Waals surface area contributed by atoms with Gasteiger partial charge in [-0.05, 0) is 66.2 Å². The van der Waals surface area contributed by atoms with E-state index in [4.69, 9.17) is 25.7 Å². The Kier molecular flexibility index (Phi) is 8.71. The molecule has 0 spiro atoms. The maximum atomic E-state index is 12.5. The van der Waals surface area contributed by atoms with Crippen molar-refractivity contribution in [3.63, 3.8) is 0 Å². The van der Waals surface area contributed by atoms with Gasteiger partial charge in [-0.25, -0.2) is 9.59 Å². The van der Waals surface area contributed by atoms with E-state index < -0.39 is 11.9 Å². The second-order valence-corrected chi connectivity index (χ2v) is 8.42. The molecule has 0 amide bonds. The summed E-state index contributed by atoms with van der Waals surface area (Å²) in [5.74, 6) is -0.310. The van der Waals surface area contributed by atoms with E-state index in [1.165, 1.54) is 18.2 Å². The van der Waals surface area contributed by atoms with E-state index in [2.05, 4.69) is 0 Å². The van der Waals surface area contributed by atoms with Gasteiger partial charge in [-0.15, -0.1) is 0 Å². The molecule has 0 unspecified atom stereocenters. The average molecular weight is 523 g/mol. The topological polar surface area (TPSA) is 131 Å². The number of carbonyl (C=O) groups excluding carboxylic acids is 3. The first-order valence-electron chi connectivity index (χ1n) is 12.0. The minimum absolute atomic E-state index is 0.0168. The lowest BCUT2D eigenvalue weighted by molar-refractivity contribution is 0.0450. The van der Waals surface area contributed by atoms with Gasteiger partial charge < -0.3 is 25.7 Å². The fraction of sp³-hybridized carbons (Fsp3) is 0.0645. The Morgan fingerprint density at radius 3 is 1.95 bits per heavy atom. The van der Waals surface area contributed by atoms with Gasteiger partial charge in [0, 0.05) is 16.9 Å². The third kappa shape index (κ3) is 7.80. The summed E-state index contributed by atoms with van der Waals surface area (Å²) in [6.45, 7) is 0.133. The molecule has 0 aliphatic heterocycles. The number of hydrogen-bond acceptors (Lipinski definition) is 8. The Bertz CT molecular complexity index is 1460. The SMILES string of the molecule is Nc1cc(N)cc(C(=O)OCCOc2ccc(C(=O)Oc3ccc(C=CC(=O)c4ccccc4)cc3)cc2)c1. The predicted octanol–water partition coefficient (Wildman–Crippen LogP) is 5.20. The Hall–Kier alpha value is -5.37. The summed E-state index contributed by atoms with van der Waals surface area (Å²) in [5.41, 5.74) is 14.1. The summed E-state index contributed by atoms with van der Waals surface area (Å²) >= 11 is 0. The van der Waals surface area contributed by atoms with Gasteiger partial charge in [0.1, 0.15) is 24.7 Å². The van der Waals surface area contributed by atoms with E-state index in [1.54, 1.807) is 72.8 Å². The molecule has 0 saturated carbocycles. The maximum Gasteiger partial charge on any atom is 0.343 e. The standard InChI is InChI=1S/C31H26N2O6/c32-25-18-24(19-26(33)20-25)30(35)38-17-16-37-27-13-9-23(10-14-27)31(36)39-28-11-6-21(7-12-28)8-15-29(34)22-4-2-1-3-5-22/h1-15,18-20H,16-17,32-33H2. The number of rotatable bonds is 10. The van der Waals surface area contributed by atoms with Crippen LogP contribution in [0.2, 0.25) is 0 Å². The predicted molar refractivity (Wildman–Crippen MR) is 149 cm³/mol. The summed E-state index contributed by atoms with van der Waals surface area (Å²) < 4.78 is 16.2. The first-order chi connectivity index (χ1) is 18.9. The zero-order chi connectivity index (χ0) is 27.6. The Morgan fingerprint density at radius 1 is 0.641 bits per heavy atom. The van der Waals surface area contributed by atoms with Crippen molar-refractivity contribution in [2.24, 2.45) is 0 Å². The molecule has 8 heteroatoms. The average Bonchev–Trinajstić information content (AvgIpc) is 2.95. The lowest BCUT2D eigenvalue weighted by Gasteiger charge is -2.09. The number of benzene rings is 4. The normalized spacial score (nSPS) is 10.7. The second kappa shape index (κ2) is 12.7. The van der Waals surface area contributed by atoms with Crippen LogP contribution in [0.5, 0.6) is 11.5 Å². The lowest BCUT2D eigenvalue weighted by Crippen LogP contribution is -2.13. The van der Waals surface area contributed by atoms with Gasteiger partial charge >= 0.3 is 11.9 Å². The lowest BCUT2D eigenvalue weighted by atomic mass is 10.1. The van der Waals surface area contributed by atoms with Gasteiger partial charge in [-0.1, -0.05) is 48.5 Å². The molecule has 0 heterocycles. The molecule has 39 heavy (non-hydrogen) atoms. The molecule has 0 aliphatic carbocycles. The largest absolute Gasteiger partial charge is 0.490 e. The first-order valence-corrected chi connectivity index (χ1v) is 12.0. The molecule has 0 bridgehead atoms. The van der Waals surface area contributed by atoms with Crippen molar-refractivity contribution in [3.8, 4) is 11.5 Å². The quantitative estimate of drug-likeness (QED) is 0.0725. The highest BCUT2D eigenvalue weighted by molar-refractivity contribution is 6.06. The van der Waals surface area contributed by atoms with Crippen molar-refractivity contribution >= 4 is 35.2 Å². The van der Waals surface area contributed by atoms with E-state index in [-0.39, 0.29) is 24.6 Å². The molecule has 4 N–H and O–H groups in total. The van der Waals surface area contributed by atoms with E-state index >= 15 is 0 Å². The fourth-order valence-corrected chi connectivity index (χ4v) is 3.54. The molecule has 4 rings (SSSR count). The monoisotopic (exact) mass is 522 g/mol. The number of ketones is 1. The van der Waals surface area contributed by atoms with Crippen LogP contribution < -0.4 is 20.9 Å². The molecule has 0 fully saturated rings. The Labute approximate surface area is 225 Å². The number of esters is 2. The van der Waals surface area contributed by atoms with Gasteiger partial charge in [-0.3, -0.25) is 4.79 Å². The zero-order valence-corrected chi connectivity index (χ0v) is 20.9. The van der Waals surface area contributed by atoms with Crippen LogP contribution in [0, 0.1) is 0 Å². The van der Waals surface area contributed by atoms with Crippen LogP contribution in [0.3, 0.4) is 0 Å². The Balaban J connectivity index is 1.22. The van der Waals surface area contributed by atoms with E-state index in [0.29, 0.717) is 34.0 Å². The number of anilines is 2. The number of nitrogen functional groups attached to an aromatic ring is 2. The van der Waals surface area contributed by atoms with Crippen molar-refractivity contribution in [3.05, 3.63) is 125 Å². The van der Waals surface area contributed by atoms with Crippen LogP contribution in [-0.2, 0) is 4.74 Å². The summed E-state index contributed by atoms with van der Waals surface area (Å²) in [6, 6.07) is 26.7. The van der Waals surface area contributed by atoms with Crippen LogP contribution in [-0.4, -0.2) is 30.9 Å². The molecular formula is C31H26N2O6. The van der Waals surface area contributed by atoms with Gasteiger partial charge in [-0.2, -0.15) is 0 Å². The molecule has 8 nitrogen and oxygen atoms in total. The summed E-state index contributed by atoms with van der Waals surface area (Å²) in [4.78, 5) is 36.8. The highest BCUT2D eigenvalue weighted by atomic mass is 16.6. The molecule has 0 saturated heterocycles. The summed E-state index contributed by atoms with van der Waals surface area (Å²) in [6.07, 6.45) is 3.20. The van der Waals surface area contributed by atoms with Gasteiger partial charge in [0.25, 0.3) is 0 Å². The Morgan fingerprint density at radius 2 is 1.28 bits per heavy atom. The van der Waals surface area contributed by atoms with Gasteiger partial charge in [0.2, 0.25) is 0 Å². The highest BCUT2D eigenvalue weighted by Gasteiger charge is 2.11. The second-order valence-electron chi connectivity index (χ2n) is 8.42. The summed E-state index contributed by atoms with van der Waals surface area (Å²) in [7, 11) is 0. The minimum Gasteiger partial charge on any atom is -0.490 e. The third-order valence-corrected chi connectivity index (χ3v) is 5.46. The summed E-state index contributed by atoms with van der Waals surface area (Å²) in [5, 5.41) is 0. The number of hydrogen-bond donors (Lipinski definition) is 2. The maximum absolute atomic E-state index is 12.5. The van der Waals surface area contributed by atoms with Crippen molar-refractivity contribution in [2.45, 2.75) is 0 Å². The molecule has 0 aromatic heterocycles. The van der Waals surface area contributed by atoms with Crippen molar-refractivity contribution < 1.29 is 28.6 Å². The van der Waals surface area contributed by atoms with E-state index in [0.717, 1.165) is 5.56 Å². The molecule has 0 radical (unpaired) electrons. The molecule has 4 aromatic rings. The van der Waals surface area contributed by atoms with Gasteiger partial charge in [0.15, 0.2) is 5.78 Å². The molecule has 0 atom stereocenters. The van der Waals surface area contributed by atoms with Crippen molar-refractivity contribution in [2.75, 3.05) is 24.7 Å². The first kappa shape index (κ1) is 26.7. The smallest absolute Gasteiger partial charge is 0.343 e. The molecule has 0 aliphatic rings. The zero-order valence-electron chi connectivity index (χ0n) is 20.9. The highest BCUT2D eigenvalue weighted by Crippen LogP contribution is 2.18. The molecular weight excluding hydrogens is 496 g/mol. The van der Waals surface area contributed by atoms with E-state index in [9.17, 15) is 14.4 Å². The number of carbonyl (C=O) groups is 3. The number of nitrogens with two attached hydrogens (primary N) is 2. The molecule has 4 aromatic carbocycles. The third-order valence-electron chi connectivity index (χ3n) is 5.46. The minimum atomic E-state index is -0.555. The number of allylic oxidation sites excluding steroid dienone is 1. The van der Waals surface area contributed by atoms with Crippen LogP contribution in [0.25, 0.3) is 6.08 Å². The van der Waals surface area contributed by atoms with Crippen molar-refractivity contribution in [1.82, 2.24) is 0 Å². The van der Waals surface area contributed by atoms with Crippen LogP contribution in [0.1, 0.15) is 36.6 Å². The fourth-order valence-electron chi connectivity index (χ4n) is 3.54. The van der Waals surface area contributed by atoms with E-state index in [1.807, 2.05) is 18.2 Å². The van der Waals surface area contributed by atoms with Crippen LogP contribution >= 0.6 is 0 Å². The van der Waals surface area contributed by atoms with Crippen molar-refractivity contribution in [1.29, 1.82) is 0 Å². The molecule has 196 valence electrons.